The predicted molar refractivity (Wildman–Crippen MR) is 70.6 cm³/mol. The molecule has 5 heteroatoms. The van der Waals surface area contributed by atoms with Gasteiger partial charge in [-0.3, -0.25) is 4.90 Å². The lowest BCUT2D eigenvalue weighted by Gasteiger charge is -2.28. The second-order valence-corrected chi connectivity index (χ2v) is 4.27. The van der Waals surface area contributed by atoms with Crippen molar-refractivity contribution in [1.29, 1.82) is 0 Å². The minimum absolute atomic E-state index is 0.142. The van der Waals surface area contributed by atoms with Gasteiger partial charge in [-0.25, -0.2) is 9.59 Å². The summed E-state index contributed by atoms with van der Waals surface area (Å²) >= 11 is 0. The molecule has 0 bridgehead atoms. The standard InChI is InChI=1S/C14H15NO4/c1-2-8-19-14(18)15-7-3-4-10-5-6-11(13(16)17)9-12(10)15/h2,5-6,9H,1,3-4,7-8H2,(H,16,17). The summed E-state index contributed by atoms with van der Waals surface area (Å²) in [5, 5.41) is 9.00. The van der Waals surface area contributed by atoms with Gasteiger partial charge in [0.2, 0.25) is 0 Å². The van der Waals surface area contributed by atoms with Crippen LogP contribution in [0.5, 0.6) is 0 Å². The Kier molecular flexibility index (Phi) is 3.85. The van der Waals surface area contributed by atoms with Crippen molar-refractivity contribution in [3.05, 3.63) is 42.0 Å². The van der Waals surface area contributed by atoms with E-state index in [-0.39, 0.29) is 12.2 Å². The van der Waals surface area contributed by atoms with E-state index in [0.29, 0.717) is 12.2 Å². The van der Waals surface area contributed by atoms with Crippen LogP contribution in [0.25, 0.3) is 0 Å². The molecule has 0 fully saturated rings. The molecule has 1 N–H and O–H groups in total. The second-order valence-electron chi connectivity index (χ2n) is 4.27. The Morgan fingerprint density at radius 1 is 1.47 bits per heavy atom. The van der Waals surface area contributed by atoms with Crippen LogP contribution in [0.3, 0.4) is 0 Å². The van der Waals surface area contributed by atoms with E-state index in [4.69, 9.17) is 9.84 Å². The third-order valence-electron chi connectivity index (χ3n) is 3.00. The van der Waals surface area contributed by atoms with E-state index in [1.807, 2.05) is 0 Å². The molecule has 1 amide bonds. The SMILES string of the molecule is C=CCOC(=O)N1CCCc2ccc(C(=O)O)cc21. The summed E-state index contributed by atoms with van der Waals surface area (Å²) in [7, 11) is 0. The van der Waals surface area contributed by atoms with Crippen molar-refractivity contribution in [2.45, 2.75) is 12.8 Å². The van der Waals surface area contributed by atoms with Crippen LogP contribution in [-0.4, -0.2) is 30.3 Å². The number of benzene rings is 1. The van der Waals surface area contributed by atoms with Gasteiger partial charge >= 0.3 is 12.1 Å². The summed E-state index contributed by atoms with van der Waals surface area (Å²) in [6.07, 6.45) is 2.70. The first-order valence-corrected chi connectivity index (χ1v) is 6.05. The molecule has 5 nitrogen and oxygen atoms in total. The number of carboxylic acids is 1. The van der Waals surface area contributed by atoms with Crippen molar-refractivity contribution in [3.63, 3.8) is 0 Å². The number of aryl methyl sites for hydroxylation is 1. The summed E-state index contributed by atoms with van der Waals surface area (Å²) in [6.45, 7) is 4.16. The van der Waals surface area contributed by atoms with Crippen molar-refractivity contribution in [2.75, 3.05) is 18.1 Å². The van der Waals surface area contributed by atoms with Crippen LogP contribution >= 0.6 is 0 Å². The number of aromatic carboxylic acids is 1. The number of carbonyl (C=O) groups is 2. The highest BCUT2D eigenvalue weighted by Crippen LogP contribution is 2.28. The van der Waals surface area contributed by atoms with Gasteiger partial charge in [-0.15, -0.1) is 0 Å². The van der Waals surface area contributed by atoms with Crippen LogP contribution in [0.4, 0.5) is 10.5 Å². The summed E-state index contributed by atoms with van der Waals surface area (Å²) in [5.41, 5.74) is 1.76. The smallest absolute Gasteiger partial charge is 0.414 e. The number of hydrogen-bond acceptors (Lipinski definition) is 3. The predicted octanol–water partition coefficient (Wildman–Crippen LogP) is 2.46. The zero-order chi connectivity index (χ0) is 13.8. The topological polar surface area (TPSA) is 66.8 Å². The molecular weight excluding hydrogens is 246 g/mol. The van der Waals surface area contributed by atoms with Crippen LogP contribution in [0.2, 0.25) is 0 Å². The van der Waals surface area contributed by atoms with Gasteiger partial charge in [0, 0.05) is 6.54 Å². The van der Waals surface area contributed by atoms with Crippen LogP contribution in [0, 0.1) is 0 Å². The first-order valence-electron chi connectivity index (χ1n) is 6.05. The first kappa shape index (κ1) is 13.1. The summed E-state index contributed by atoms with van der Waals surface area (Å²) in [5.74, 6) is -1.01. The molecule has 19 heavy (non-hydrogen) atoms. The van der Waals surface area contributed by atoms with Crippen molar-refractivity contribution in [1.82, 2.24) is 0 Å². The first-order chi connectivity index (χ1) is 9.13. The van der Waals surface area contributed by atoms with Crippen LogP contribution < -0.4 is 4.90 Å². The minimum Gasteiger partial charge on any atom is -0.478 e. The molecule has 1 aliphatic rings. The number of carbonyl (C=O) groups excluding carboxylic acids is 1. The van der Waals surface area contributed by atoms with Gasteiger partial charge < -0.3 is 9.84 Å². The molecule has 0 unspecified atom stereocenters. The van der Waals surface area contributed by atoms with Gasteiger partial charge in [-0.1, -0.05) is 18.7 Å². The zero-order valence-electron chi connectivity index (χ0n) is 10.5. The molecule has 1 aromatic rings. The Bertz CT molecular complexity index is 524. The molecule has 0 spiro atoms. The van der Waals surface area contributed by atoms with E-state index < -0.39 is 12.1 Å². The summed E-state index contributed by atoms with van der Waals surface area (Å²) < 4.78 is 5.01. The monoisotopic (exact) mass is 261 g/mol. The summed E-state index contributed by atoms with van der Waals surface area (Å²) in [6, 6.07) is 4.83. The Balaban J connectivity index is 2.31. The van der Waals surface area contributed by atoms with E-state index in [9.17, 15) is 9.59 Å². The maximum absolute atomic E-state index is 11.9. The normalized spacial score (nSPS) is 13.6. The number of ether oxygens (including phenoxy) is 1. The molecule has 100 valence electrons. The number of hydrogen-bond donors (Lipinski definition) is 1. The van der Waals surface area contributed by atoms with Gasteiger partial charge in [-0.2, -0.15) is 0 Å². The van der Waals surface area contributed by atoms with Crippen molar-refractivity contribution in [2.24, 2.45) is 0 Å². The third kappa shape index (κ3) is 2.76. The molecule has 1 heterocycles. The fraction of sp³-hybridized carbons (Fsp3) is 0.286. The van der Waals surface area contributed by atoms with Crippen molar-refractivity contribution >= 4 is 17.7 Å². The molecule has 0 aromatic heterocycles. The number of anilines is 1. The largest absolute Gasteiger partial charge is 0.478 e. The summed E-state index contributed by atoms with van der Waals surface area (Å²) in [4.78, 5) is 24.4. The van der Waals surface area contributed by atoms with Crippen LogP contribution in [0.15, 0.2) is 30.9 Å². The van der Waals surface area contributed by atoms with Gasteiger partial charge in [-0.05, 0) is 30.5 Å². The number of nitrogens with zero attached hydrogens (tertiary/aromatic N) is 1. The fourth-order valence-corrected chi connectivity index (χ4v) is 2.11. The average molecular weight is 261 g/mol. The lowest BCUT2D eigenvalue weighted by Crippen LogP contribution is -2.36. The van der Waals surface area contributed by atoms with Gasteiger partial charge in [0.05, 0.1) is 11.3 Å². The van der Waals surface area contributed by atoms with E-state index in [0.717, 1.165) is 18.4 Å². The van der Waals surface area contributed by atoms with Crippen LogP contribution in [-0.2, 0) is 11.2 Å². The van der Waals surface area contributed by atoms with E-state index in [2.05, 4.69) is 6.58 Å². The molecule has 0 radical (unpaired) electrons. The Morgan fingerprint density at radius 2 is 2.26 bits per heavy atom. The molecule has 1 aromatic carbocycles. The second kappa shape index (κ2) is 5.56. The molecule has 0 atom stereocenters. The van der Waals surface area contributed by atoms with E-state index >= 15 is 0 Å². The molecule has 1 aliphatic heterocycles. The fourth-order valence-electron chi connectivity index (χ4n) is 2.11. The highest BCUT2D eigenvalue weighted by atomic mass is 16.6. The maximum Gasteiger partial charge on any atom is 0.414 e. The zero-order valence-corrected chi connectivity index (χ0v) is 10.5. The van der Waals surface area contributed by atoms with E-state index in [1.54, 1.807) is 12.1 Å². The van der Waals surface area contributed by atoms with Gasteiger partial charge in [0.1, 0.15) is 6.61 Å². The molecule has 0 saturated carbocycles. The molecular formula is C14H15NO4. The van der Waals surface area contributed by atoms with Crippen LogP contribution in [0.1, 0.15) is 22.3 Å². The Hall–Kier alpha value is -2.30. The number of fused-ring (bicyclic) bond motifs is 1. The van der Waals surface area contributed by atoms with Gasteiger partial charge in [0.15, 0.2) is 0 Å². The third-order valence-corrected chi connectivity index (χ3v) is 3.00. The molecule has 2 rings (SSSR count). The Morgan fingerprint density at radius 3 is 2.95 bits per heavy atom. The van der Waals surface area contributed by atoms with E-state index in [1.165, 1.54) is 17.0 Å². The van der Waals surface area contributed by atoms with Gasteiger partial charge in [0.25, 0.3) is 0 Å². The highest BCUT2D eigenvalue weighted by molar-refractivity contribution is 5.94. The highest BCUT2D eigenvalue weighted by Gasteiger charge is 2.24. The number of carboxylic acid groups (broad SMARTS) is 1. The lowest BCUT2D eigenvalue weighted by molar-refractivity contribution is 0.0696. The lowest BCUT2D eigenvalue weighted by atomic mass is 10.00. The maximum atomic E-state index is 11.9. The molecule has 0 aliphatic carbocycles. The average Bonchev–Trinajstić information content (AvgIpc) is 2.43. The number of amides is 1. The van der Waals surface area contributed by atoms with Crippen molar-refractivity contribution < 1.29 is 19.4 Å². The Labute approximate surface area is 111 Å². The molecule has 0 saturated heterocycles. The van der Waals surface area contributed by atoms with Crippen molar-refractivity contribution in [3.8, 4) is 0 Å². The quantitative estimate of drug-likeness (QED) is 0.849. The number of rotatable bonds is 3. The minimum atomic E-state index is -1.01.